The predicted molar refractivity (Wildman–Crippen MR) is 47.1 cm³/mol. The van der Waals surface area contributed by atoms with Gasteiger partial charge in [-0.05, 0) is 12.3 Å². The molecule has 1 amide bonds. The van der Waals surface area contributed by atoms with Crippen LogP contribution in [0.1, 0.15) is 46.0 Å². The highest BCUT2D eigenvalue weighted by atomic mass is 16.1. The summed E-state index contributed by atoms with van der Waals surface area (Å²) < 4.78 is 0. The molecule has 0 aromatic carbocycles. The maximum atomic E-state index is 10.3. The molecule has 2 nitrogen and oxygen atoms in total. The van der Waals surface area contributed by atoms with Crippen molar-refractivity contribution in [2.24, 2.45) is 11.7 Å². The lowest BCUT2D eigenvalue weighted by molar-refractivity contribution is -0.118. The van der Waals surface area contributed by atoms with Gasteiger partial charge in [0.25, 0.3) is 0 Å². The predicted octanol–water partition coefficient (Wildman–Crippen LogP) is 2.08. The summed E-state index contributed by atoms with van der Waals surface area (Å²) in [6, 6.07) is 0. The molecule has 0 atom stereocenters. The Morgan fingerprint density at radius 1 is 1.27 bits per heavy atom. The number of hydrogen-bond acceptors (Lipinski definition) is 1. The van der Waals surface area contributed by atoms with Gasteiger partial charge in [-0.2, -0.15) is 0 Å². The minimum atomic E-state index is -0.172. The first-order chi connectivity index (χ1) is 5.13. The van der Waals surface area contributed by atoms with Gasteiger partial charge < -0.3 is 5.73 Å². The van der Waals surface area contributed by atoms with Crippen LogP contribution in [-0.4, -0.2) is 5.91 Å². The van der Waals surface area contributed by atoms with E-state index in [1.165, 1.54) is 12.8 Å². The van der Waals surface area contributed by atoms with Crippen molar-refractivity contribution in [1.82, 2.24) is 0 Å². The van der Waals surface area contributed by atoms with E-state index in [0.717, 1.165) is 18.8 Å². The number of primary amides is 1. The largest absolute Gasteiger partial charge is 0.370 e. The van der Waals surface area contributed by atoms with Crippen LogP contribution in [0.5, 0.6) is 0 Å². The van der Waals surface area contributed by atoms with Gasteiger partial charge in [0.1, 0.15) is 0 Å². The highest BCUT2D eigenvalue weighted by molar-refractivity contribution is 5.73. The molecule has 0 aromatic heterocycles. The van der Waals surface area contributed by atoms with E-state index in [-0.39, 0.29) is 5.91 Å². The summed E-state index contributed by atoms with van der Waals surface area (Å²) in [4.78, 5) is 10.3. The van der Waals surface area contributed by atoms with E-state index in [1.54, 1.807) is 0 Å². The molecule has 11 heavy (non-hydrogen) atoms. The third kappa shape index (κ3) is 9.47. The van der Waals surface area contributed by atoms with Crippen molar-refractivity contribution in [3.05, 3.63) is 0 Å². The topological polar surface area (TPSA) is 43.1 Å². The van der Waals surface area contributed by atoms with Crippen LogP contribution in [0, 0.1) is 5.92 Å². The van der Waals surface area contributed by atoms with Gasteiger partial charge in [0.2, 0.25) is 5.91 Å². The van der Waals surface area contributed by atoms with Crippen LogP contribution >= 0.6 is 0 Å². The monoisotopic (exact) mass is 157 g/mol. The second kappa shape index (κ2) is 6.20. The fourth-order valence-electron chi connectivity index (χ4n) is 1.03. The lowest BCUT2D eigenvalue weighted by Gasteiger charge is -2.02. The first-order valence-corrected chi connectivity index (χ1v) is 4.41. The fraction of sp³-hybridized carbons (Fsp3) is 0.889. The third-order valence-corrected chi connectivity index (χ3v) is 1.70. The fourth-order valence-corrected chi connectivity index (χ4v) is 1.03. The molecule has 2 N–H and O–H groups in total. The molecular formula is C9H19NO. The van der Waals surface area contributed by atoms with Gasteiger partial charge >= 0.3 is 0 Å². The maximum absolute atomic E-state index is 10.3. The van der Waals surface area contributed by atoms with E-state index in [2.05, 4.69) is 13.8 Å². The number of unbranched alkanes of at least 4 members (excludes halogenated alkanes) is 2. The Morgan fingerprint density at radius 2 is 1.91 bits per heavy atom. The van der Waals surface area contributed by atoms with Crippen LogP contribution < -0.4 is 5.73 Å². The van der Waals surface area contributed by atoms with Crippen LogP contribution in [0.15, 0.2) is 0 Å². The second-order valence-electron chi connectivity index (χ2n) is 3.46. The molecular weight excluding hydrogens is 138 g/mol. The molecule has 0 spiro atoms. The number of carbonyl (C=O) groups excluding carboxylic acids is 1. The van der Waals surface area contributed by atoms with Crippen molar-refractivity contribution in [3.8, 4) is 0 Å². The smallest absolute Gasteiger partial charge is 0.217 e. The zero-order valence-electron chi connectivity index (χ0n) is 7.60. The van der Waals surface area contributed by atoms with Crippen molar-refractivity contribution >= 4 is 5.91 Å². The highest BCUT2D eigenvalue weighted by Gasteiger charge is 1.96. The normalized spacial score (nSPS) is 10.5. The van der Waals surface area contributed by atoms with Crippen LogP contribution in [0.4, 0.5) is 0 Å². The van der Waals surface area contributed by atoms with E-state index in [9.17, 15) is 4.79 Å². The van der Waals surface area contributed by atoms with Gasteiger partial charge in [0.15, 0.2) is 0 Å². The van der Waals surface area contributed by atoms with Gasteiger partial charge in [0, 0.05) is 6.42 Å². The summed E-state index contributed by atoms with van der Waals surface area (Å²) in [5, 5.41) is 0. The van der Waals surface area contributed by atoms with E-state index in [4.69, 9.17) is 5.73 Å². The molecule has 0 saturated carbocycles. The van der Waals surface area contributed by atoms with Crippen molar-refractivity contribution in [2.45, 2.75) is 46.0 Å². The van der Waals surface area contributed by atoms with Crippen LogP contribution in [0.2, 0.25) is 0 Å². The second-order valence-corrected chi connectivity index (χ2v) is 3.46. The molecule has 0 heterocycles. The van der Waals surface area contributed by atoms with Gasteiger partial charge in [0.05, 0.1) is 0 Å². The quantitative estimate of drug-likeness (QED) is 0.589. The van der Waals surface area contributed by atoms with Crippen LogP contribution in [0.25, 0.3) is 0 Å². The molecule has 0 aromatic rings. The van der Waals surface area contributed by atoms with Gasteiger partial charge in [-0.1, -0.05) is 33.1 Å². The molecule has 0 bridgehead atoms. The SMILES string of the molecule is CC(C)CCCCCC(N)=O. The zero-order chi connectivity index (χ0) is 8.69. The molecule has 0 saturated heterocycles. The summed E-state index contributed by atoms with van der Waals surface area (Å²) >= 11 is 0. The Balaban J connectivity index is 2.97. The number of hydrogen-bond donors (Lipinski definition) is 1. The van der Waals surface area contributed by atoms with Crippen molar-refractivity contribution in [1.29, 1.82) is 0 Å². The number of amides is 1. The highest BCUT2D eigenvalue weighted by Crippen LogP contribution is 2.08. The molecule has 0 aliphatic rings. The van der Waals surface area contributed by atoms with E-state index in [0.29, 0.717) is 6.42 Å². The number of rotatable bonds is 6. The number of nitrogens with two attached hydrogens (primary N) is 1. The van der Waals surface area contributed by atoms with E-state index < -0.39 is 0 Å². The molecule has 66 valence electrons. The minimum Gasteiger partial charge on any atom is -0.370 e. The number of carbonyl (C=O) groups is 1. The first-order valence-electron chi connectivity index (χ1n) is 4.41. The Hall–Kier alpha value is -0.530. The molecule has 0 rings (SSSR count). The summed E-state index contributed by atoms with van der Waals surface area (Å²) in [6.45, 7) is 4.43. The maximum Gasteiger partial charge on any atom is 0.217 e. The lowest BCUT2D eigenvalue weighted by Crippen LogP contribution is -2.09. The standard InChI is InChI=1S/C9H19NO/c1-8(2)6-4-3-5-7-9(10)11/h8H,3-7H2,1-2H3,(H2,10,11). The first kappa shape index (κ1) is 10.5. The van der Waals surface area contributed by atoms with Gasteiger partial charge in [-0.15, -0.1) is 0 Å². The Kier molecular flexibility index (Phi) is 5.90. The van der Waals surface area contributed by atoms with E-state index >= 15 is 0 Å². The summed E-state index contributed by atoms with van der Waals surface area (Å²) in [5.41, 5.74) is 5.00. The zero-order valence-corrected chi connectivity index (χ0v) is 7.60. The van der Waals surface area contributed by atoms with E-state index in [1.807, 2.05) is 0 Å². The summed E-state index contributed by atoms with van der Waals surface area (Å²) in [7, 11) is 0. The van der Waals surface area contributed by atoms with Gasteiger partial charge in [-0.25, -0.2) is 0 Å². The third-order valence-electron chi connectivity index (χ3n) is 1.70. The van der Waals surface area contributed by atoms with Crippen molar-refractivity contribution in [3.63, 3.8) is 0 Å². The lowest BCUT2D eigenvalue weighted by atomic mass is 10.0. The van der Waals surface area contributed by atoms with Crippen LogP contribution in [0.3, 0.4) is 0 Å². The summed E-state index contributed by atoms with van der Waals surface area (Å²) in [5.74, 6) is 0.609. The van der Waals surface area contributed by atoms with Crippen molar-refractivity contribution < 1.29 is 4.79 Å². The molecule has 0 aliphatic heterocycles. The minimum absolute atomic E-state index is 0.172. The molecule has 2 heteroatoms. The van der Waals surface area contributed by atoms with Crippen molar-refractivity contribution in [2.75, 3.05) is 0 Å². The molecule has 0 radical (unpaired) electrons. The van der Waals surface area contributed by atoms with Crippen LogP contribution in [-0.2, 0) is 4.79 Å². The molecule has 0 fully saturated rings. The summed E-state index contributed by atoms with van der Waals surface area (Å²) in [6.07, 6.45) is 5.14. The molecule has 0 unspecified atom stereocenters. The Bertz CT molecular complexity index is 110. The van der Waals surface area contributed by atoms with Gasteiger partial charge in [-0.3, -0.25) is 4.79 Å². The average Bonchev–Trinajstić information content (AvgIpc) is 1.85. The Morgan fingerprint density at radius 3 is 2.36 bits per heavy atom. The molecule has 0 aliphatic carbocycles. The average molecular weight is 157 g/mol. The Labute approximate surface area is 69.2 Å².